The summed E-state index contributed by atoms with van der Waals surface area (Å²) in [4.78, 5) is 0. The average molecular weight is 305 g/mol. The van der Waals surface area contributed by atoms with Gasteiger partial charge in [0.15, 0.2) is 0 Å². The van der Waals surface area contributed by atoms with Gasteiger partial charge >= 0.3 is 0 Å². The highest BCUT2D eigenvalue weighted by Gasteiger charge is 2.07. The minimum Gasteiger partial charge on any atom is -0.314 e. The quantitative estimate of drug-likeness (QED) is 0.856. The van der Waals surface area contributed by atoms with Crippen LogP contribution in [0.15, 0.2) is 22.7 Å². The monoisotopic (exact) mass is 303 g/mol. The van der Waals surface area contributed by atoms with Crippen LogP contribution in [0.3, 0.4) is 0 Å². The molecule has 0 saturated carbocycles. The molecule has 1 unspecified atom stereocenters. The highest BCUT2D eigenvalue weighted by atomic mass is 79.9. The van der Waals surface area contributed by atoms with E-state index in [4.69, 9.17) is 11.6 Å². The lowest BCUT2D eigenvalue weighted by Gasteiger charge is -2.15. The molecule has 1 nitrogen and oxygen atoms in total. The van der Waals surface area contributed by atoms with E-state index in [1.54, 1.807) is 0 Å². The van der Waals surface area contributed by atoms with Gasteiger partial charge in [0.1, 0.15) is 0 Å². The Kier molecular flexibility index (Phi) is 5.81. The topological polar surface area (TPSA) is 12.0 Å². The first-order chi connectivity index (χ1) is 7.49. The zero-order valence-corrected chi connectivity index (χ0v) is 12.4. The van der Waals surface area contributed by atoms with E-state index >= 15 is 0 Å². The zero-order valence-electron chi connectivity index (χ0n) is 10.1. The van der Waals surface area contributed by atoms with Crippen LogP contribution in [0.4, 0.5) is 0 Å². The molecular weight excluding hydrogens is 286 g/mol. The van der Waals surface area contributed by atoms with Gasteiger partial charge in [-0.15, -0.1) is 0 Å². The summed E-state index contributed by atoms with van der Waals surface area (Å²) in [5.41, 5.74) is 1.22. The molecule has 90 valence electrons. The molecule has 1 atom stereocenters. The summed E-state index contributed by atoms with van der Waals surface area (Å²) >= 11 is 9.60. The zero-order chi connectivity index (χ0) is 12.1. The SMILES string of the molecule is CC(CNC(C)C)Cc1ccc(Br)cc1Cl. The second-order valence-electron chi connectivity index (χ2n) is 4.61. The molecule has 16 heavy (non-hydrogen) atoms. The molecule has 0 radical (unpaired) electrons. The van der Waals surface area contributed by atoms with Gasteiger partial charge in [-0.25, -0.2) is 0 Å². The van der Waals surface area contributed by atoms with Crippen molar-refractivity contribution in [1.29, 1.82) is 0 Å². The molecule has 1 N–H and O–H groups in total. The molecule has 1 aromatic carbocycles. The maximum absolute atomic E-state index is 6.19. The van der Waals surface area contributed by atoms with Crippen molar-refractivity contribution in [3.05, 3.63) is 33.3 Å². The number of benzene rings is 1. The smallest absolute Gasteiger partial charge is 0.0449 e. The summed E-state index contributed by atoms with van der Waals surface area (Å²) in [7, 11) is 0. The molecule has 0 heterocycles. The number of hydrogen-bond acceptors (Lipinski definition) is 1. The second-order valence-corrected chi connectivity index (χ2v) is 5.93. The summed E-state index contributed by atoms with van der Waals surface area (Å²) in [5.74, 6) is 0.598. The number of hydrogen-bond donors (Lipinski definition) is 1. The van der Waals surface area contributed by atoms with Gasteiger partial charge in [-0.3, -0.25) is 0 Å². The molecule has 0 fully saturated rings. The maximum Gasteiger partial charge on any atom is 0.0449 e. The Balaban J connectivity index is 2.52. The van der Waals surface area contributed by atoms with Crippen LogP contribution < -0.4 is 5.32 Å². The third-order valence-electron chi connectivity index (χ3n) is 2.46. The van der Waals surface area contributed by atoms with Crippen LogP contribution in [-0.4, -0.2) is 12.6 Å². The van der Waals surface area contributed by atoms with Crippen molar-refractivity contribution in [2.75, 3.05) is 6.54 Å². The van der Waals surface area contributed by atoms with E-state index in [1.165, 1.54) is 5.56 Å². The number of halogens is 2. The van der Waals surface area contributed by atoms with Crippen molar-refractivity contribution >= 4 is 27.5 Å². The lowest BCUT2D eigenvalue weighted by atomic mass is 10.0. The normalized spacial score (nSPS) is 13.1. The fourth-order valence-electron chi connectivity index (χ4n) is 1.57. The van der Waals surface area contributed by atoms with E-state index in [0.29, 0.717) is 12.0 Å². The van der Waals surface area contributed by atoms with E-state index in [-0.39, 0.29) is 0 Å². The Morgan fingerprint density at radius 2 is 2.00 bits per heavy atom. The molecule has 0 spiro atoms. The summed E-state index contributed by atoms with van der Waals surface area (Å²) in [6, 6.07) is 6.64. The first-order valence-corrected chi connectivity index (χ1v) is 6.83. The Bertz CT molecular complexity index is 339. The first kappa shape index (κ1) is 14.0. The van der Waals surface area contributed by atoms with Gasteiger partial charge in [-0.05, 0) is 36.6 Å². The minimum atomic E-state index is 0.544. The summed E-state index contributed by atoms with van der Waals surface area (Å²) < 4.78 is 1.04. The van der Waals surface area contributed by atoms with Crippen LogP contribution in [0, 0.1) is 5.92 Å². The molecule has 0 aliphatic carbocycles. The van der Waals surface area contributed by atoms with Gasteiger partial charge in [0, 0.05) is 15.5 Å². The van der Waals surface area contributed by atoms with Crippen molar-refractivity contribution in [3.8, 4) is 0 Å². The van der Waals surface area contributed by atoms with Crippen molar-refractivity contribution in [3.63, 3.8) is 0 Å². The van der Waals surface area contributed by atoms with Gasteiger partial charge in [0.05, 0.1) is 0 Å². The van der Waals surface area contributed by atoms with Crippen molar-refractivity contribution in [2.24, 2.45) is 5.92 Å². The molecule has 0 saturated heterocycles. The molecular formula is C13H19BrClN. The largest absolute Gasteiger partial charge is 0.314 e. The fraction of sp³-hybridized carbons (Fsp3) is 0.538. The van der Waals surface area contributed by atoms with Gasteiger partial charge < -0.3 is 5.32 Å². The predicted molar refractivity (Wildman–Crippen MR) is 75.2 cm³/mol. The summed E-state index contributed by atoms with van der Waals surface area (Å²) in [5, 5.41) is 4.30. The Labute approximate surface area is 112 Å². The van der Waals surface area contributed by atoms with Crippen molar-refractivity contribution in [1.82, 2.24) is 5.32 Å². The van der Waals surface area contributed by atoms with Crippen LogP contribution in [0.2, 0.25) is 5.02 Å². The van der Waals surface area contributed by atoms with Gasteiger partial charge in [-0.2, -0.15) is 0 Å². The predicted octanol–water partition coefficient (Wildman–Crippen LogP) is 4.28. The Morgan fingerprint density at radius 3 is 2.56 bits per heavy atom. The van der Waals surface area contributed by atoms with Gasteiger partial charge in [0.25, 0.3) is 0 Å². The molecule has 0 aliphatic heterocycles. The lowest BCUT2D eigenvalue weighted by Crippen LogP contribution is -2.28. The highest BCUT2D eigenvalue weighted by molar-refractivity contribution is 9.10. The Hall–Kier alpha value is -0.0500. The average Bonchev–Trinajstić information content (AvgIpc) is 2.19. The van der Waals surface area contributed by atoms with Crippen LogP contribution in [0.5, 0.6) is 0 Å². The maximum atomic E-state index is 6.19. The Morgan fingerprint density at radius 1 is 1.31 bits per heavy atom. The van der Waals surface area contributed by atoms with Gasteiger partial charge in [-0.1, -0.05) is 54.4 Å². The third-order valence-corrected chi connectivity index (χ3v) is 3.30. The summed E-state index contributed by atoms with van der Waals surface area (Å²) in [6.45, 7) is 7.61. The van der Waals surface area contributed by atoms with Crippen LogP contribution in [0.25, 0.3) is 0 Å². The standard InChI is InChI=1S/C13H19BrClN/c1-9(2)16-8-10(3)6-11-4-5-12(14)7-13(11)15/h4-5,7,9-10,16H,6,8H2,1-3H3. The van der Waals surface area contributed by atoms with E-state index in [2.05, 4.69) is 48.1 Å². The summed E-state index contributed by atoms with van der Waals surface area (Å²) in [6.07, 6.45) is 1.02. The first-order valence-electron chi connectivity index (χ1n) is 5.66. The lowest BCUT2D eigenvalue weighted by molar-refractivity contribution is 0.476. The van der Waals surface area contributed by atoms with Crippen LogP contribution in [-0.2, 0) is 6.42 Å². The minimum absolute atomic E-state index is 0.544. The molecule has 0 aliphatic rings. The molecule has 0 amide bonds. The van der Waals surface area contributed by atoms with Crippen LogP contribution in [0.1, 0.15) is 26.3 Å². The number of rotatable bonds is 5. The molecule has 0 aromatic heterocycles. The number of nitrogens with one attached hydrogen (secondary N) is 1. The third kappa shape index (κ3) is 4.86. The molecule has 0 bridgehead atoms. The van der Waals surface area contributed by atoms with Crippen molar-refractivity contribution < 1.29 is 0 Å². The molecule has 3 heteroatoms. The molecule has 1 aromatic rings. The van der Waals surface area contributed by atoms with E-state index in [9.17, 15) is 0 Å². The van der Waals surface area contributed by atoms with E-state index in [0.717, 1.165) is 22.5 Å². The van der Waals surface area contributed by atoms with E-state index in [1.807, 2.05) is 12.1 Å². The second kappa shape index (κ2) is 6.63. The highest BCUT2D eigenvalue weighted by Crippen LogP contribution is 2.23. The fourth-order valence-corrected chi connectivity index (χ4v) is 2.32. The van der Waals surface area contributed by atoms with Crippen molar-refractivity contribution in [2.45, 2.75) is 33.2 Å². The van der Waals surface area contributed by atoms with Gasteiger partial charge in [0.2, 0.25) is 0 Å². The van der Waals surface area contributed by atoms with E-state index < -0.39 is 0 Å². The molecule has 1 rings (SSSR count). The van der Waals surface area contributed by atoms with Crippen LogP contribution >= 0.6 is 27.5 Å².